The molecule has 0 saturated carbocycles. The quantitative estimate of drug-likeness (QED) is 0.621. The van der Waals surface area contributed by atoms with E-state index in [-0.39, 0.29) is 11.0 Å². The predicted octanol–water partition coefficient (Wildman–Crippen LogP) is 1.37. The van der Waals surface area contributed by atoms with E-state index < -0.39 is 6.09 Å². The summed E-state index contributed by atoms with van der Waals surface area (Å²) in [6, 6.07) is 0. The maximum absolute atomic E-state index is 11.1. The number of carbonyl (C=O) groups is 1. The van der Waals surface area contributed by atoms with Gasteiger partial charge in [-0.05, 0) is 12.3 Å². The summed E-state index contributed by atoms with van der Waals surface area (Å²) in [6.07, 6.45) is -0.816. The molecule has 1 rings (SSSR count). The number of rotatable bonds is 0. The van der Waals surface area contributed by atoms with Gasteiger partial charge in [0, 0.05) is 19.6 Å². The largest absolute Gasteiger partial charge is 0.465 e. The van der Waals surface area contributed by atoms with Gasteiger partial charge in [0.25, 0.3) is 0 Å². The van der Waals surface area contributed by atoms with Crippen LogP contribution in [0.25, 0.3) is 0 Å². The van der Waals surface area contributed by atoms with E-state index in [1.54, 1.807) is 4.90 Å². The number of carboxylic acid groups (broad SMARTS) is 1. The Morgan fingerprint density at radius 1 is 1.50 bits per heavy atom. The predicted molar refractivity (Wildman–Crippen MR) is 55.5 cm³/mol. The summed E-state index contributed by atoms with van der Waals surface area (Å²) in [6.45, 7) is 10.3. The van der Waals surface area contributed by atoms with Crippen molar-refractivity contribution in [2.24, 2.45) is 5.41 Å². The Kier molecular flexibility index (Phi) is 2.76. The molecule has 0 aromatic heterocycles. The Hall–Kier alpha value is -0.770. The first-order valence-electron chi connectivity index (χ1n) is 5.00. The van der Waals surface area contributed by atoms with Gasteiger partial charge in [0.2, 0.25) is 0 Å². The molecule has 4 nitrogen and oxygen atoms in total. The van der Waals surface area contributed by atoms with E-state index in [9.17, 15) is 4.79 Å². The fourth-order valence-corrected chi connectivity index (χ4v) is 1.84. The van der Waals surface area contributed by atoms with Crippen LogP contribution in [0, 0.1) is 5.41 Å². The lowest BCUT2D eigenvalue weighted by molar-refractivity contribution is -0.00102. The van der Waals surface area contributed by atoms with Crippen LogP contribution >= 0.6 is 0 Å². The van der Waals surface area contributed by atoms with Crippen LogP contribution in [-0.4, -0.2) is 41.3 Å². The molecule has 1 aliphatic rings. The maximum atomic E-state index is 11.1. The molecular formula is C10H20N2O2. The van der Waals surface area contributed by atoms with Crippen LogP contribution in [0.3, 0.4) is 0 Å². The van der Waals surface area contributed by atoms with Gasteiger partial charge < -0.3 is 10.4 Å². The van der Waals surface area contributed by atoms with Crippen LogP contribution in [0.4, 0.5) is 4.79 Å². The lowest BCUT2D eigenvalue weighted by atomic mass is 9.73. The minimum atomic E-state index is -0.816. The standard InChI is InChI=1S/C10H20N2O2/c1-9(2,3)10(4)7-11-5-6-12(10)8(13)14/h11H,5-7H2,1-4H3,(H,13,14)/t10-/m0/s1. The summed E-state index contributed by atoms with van der Waals surface area (Å²) in [5.74, 6) is 0. The van der Waals surface area contributed by atoms with Crippen molar-refractivity contribution in [3.05, 3.63) is 0 Å². The van der Waals surface area contributed by atoms with Gasteiger partial charge in [0.05, 0.1) is 5.54 Å². The van der Waals surface area contributed by atoms with E-state index in [1.165, 1.54) is 0 Å². The third kappa shape index (κ3) is 1.71. The third-order valence-electron chi connectivity index (χ3n) is 3.42. The zero-order chi connectivity index (χ0) is 11.0. The minimum Gasteiger partial charge on any atom is -0.465 e. The summed E-state index contributed by atoms with van der Waals surface area (Å²) in [5, 5.41) is 12.4. The summed E-state index contributed by atoms with van der Waals surface area (Å²) in [7, 11) is 0. The van der Waals surface area contributed by atoms with Gasteiger partial charge in [-0.2, -0.15) is 0 Å². The second-order valence-corrected chi connectivity index (χ2v) is 5.13. The van der Waals surface area contributed by atoms with Crippen LogP contribution in [0.15, 0.2) is 0 Å². The molecule has 1 saturated heterocycles. The average molecular weight is 200 g/mol. The fourth-order valence-electron chi connectivity index (χ4n) is 1.84. The van der Waals surface area contributed by atoms with E-state index in [2.05, 4.69) is 26.1 Å². The highest BCUT2D eigenvalue weighted by Gasteiger charge is 2.46. The summed E-state index contributed by atoms with van der Waals surface area (Å²) < 4.78 is 0. The molecule has 1 atom stereocenters. The first-order chi connectivity index (χ1) is 6.29. The Labute approximate surface area is 85.3 Å². The monoisotopic (exact) mass is 200 g/mol. The Bertz CT molecular complexity index is 235. The fraction of sp³-hybridized carbons (Fsp3) is 0.900. The highest BCUT2D eigenvalue weighted by atomic mass is 16.4. The first kappa shape index (κ1) is 11.3. The summed E-state index contributed by atoms with van der Waals surface area (Å²) in [5.41, 5.74) is -0.379. The summed E-state index contributed by atoms with van der Waals surface area (Å²) >= 11 is 0. The van der Waals surface area contributed by atoms with E-state index in [0.29, 0.717) is 6.54 Å². The van der Waals surface area contributed by atoms with Gasteiger partial charge >= 0.3 is 6.09 Å². The normalized spacial score (nSPS) is 29.0. The van der Waals surface area contributed by atoms with Gasteiger partial charge in [-0.1, -0.05) is 20.8 Å². The van der Waals surface area contributed by atoms with E-state index >= 15 is 0 Å². The van der Waals surface area contributed by atoms with Gasteiger partial charge in [-0.3, -0.25) is 4.90 Å². The van der Waals surface area contributed by atoms with Crippen molar-refractivity contribution in [2.75, 3.05) is 19.6 Å². The first-order valence-corrected chi connectivity index (χ1v) is 5.00. The zero-order valence-corrected chi connectivity index (χ0v) is 9.42. The highest BCUT2D eigenvalue weighted by Crippen LogP contribution is 2.36. The highest BCUT2D eigenvalue weighted by molar-refractivity contribution is 5.66. The third-order valence-corrected chi connectivity index (χ3v) is 3.42. The van der Waals surface area contributed by atoms with E-state index in [1.807, 2.05) is 6.92 Å². The van der Waals surface area contributed by atoms with E-state index in [0.717, 1.165) is 13.1 Å². The lowest BCUT2D eigenvalue weighted by Crippen LogP contribution is -2.66. The van der Waals surface area contributed by atoms with Crippen molar-refractivity contribution in [1.29, 1.82) is 0 Å². The maximum Gasteiger partial charge on any atom is 0.407 e. The number of hydrogen-bond acceptors (Lipinski definition) is 2. The van der Waals surface area contributed by atoms with Crippen LogP contribution in [0.1, 0.15) is 27.7 Å². The number of nitrogens with one attached hydrogen (secondary N) is 1. The molecule has 4 heteroatoms. The van der Waals surface area contributed by atoms with Gasteiger partial charge in [-0.15, -0.1) is 0 Å². The lowest BCUT2D eigenvalue weighted by Gasteiger charge is -2.51. The molecule has 1 heterocycles. The molecule has 0 unspecified atom stereocenters. The molecule has 82 valence electrons. The topological polar surface area (TPSA) is 52.6 Å². The van der Waals surface area contributed by atoms with Crippen molar-refractivity contribution in [3.8, 4) is 0 Å². The molecule has 1 aliphatic heterocycles. The Balaban J connectivity index is 2.97. The number of amides is 1. The average Bonchev–Trinajstić information content (AvgIpc) is 2.02. The number of hydrogen-bond donors (Lipinski definition) is 2. The molecule has 0 aromatic rings. The second-order valence-electron chi connectivity index (χ2n) is 5.13. The molecule has 0 radical (unpaired) electrons. The molecule has 2 N–H and O–H groups in total. The van der Waals surface area contributed by atoms with Crippen molar-refractivity contribution >= 4 is 6.09 Å². The smallest absolute Gasteiger partial charge is 0.407 e. The van der Waals surface area contributed by atoms with Crippen LogP contribution < -0.4 is 5.32 Å². The number of nitrogens with zero attached hydrogens (tertiary/aromatic N) is 1. The molecule has 1 fully saturated rings. The Morgan fingerprint density at radius 2 is 2.07 bits per heavy atom. The van der Waals surface area contributed by atoms with Crippen molar-refractivity contribution in [1.82, 2.24) is 10.2 Å². The molecule has 0 spiro atoms. The molecule has 1 amide bonds. The minimum absolute atomic E-state index is 0.0567. The molecule has 0 aromatic carbocycles. The van der Waals surface area contributed by atoms with Crippen LogP contribution in [0.5, 0.6) is 0 Å². The molecule has 0 bridgehead atoms. The van der Waals surface area contributed by atoms with Gasteiger partial charge in [0.15, 0.2) is 0 Å². The zero-order valence-electron chi connectivity index (χ0n) is 9.42. The molecular weight excluding hydrogens is 180 g/mol. The molecule has 14 heavy (non-hydrogen) atoms. The number of piperazine rings is 1. The van der Waals surface area contributed by atoms with Gasteiger partial charge in [0.1, 0.15) is 0 Å². The van der Waals surface area contributed by atoms with Crippen molar-refractivity contribution < 1.29 is 9.90 Å². The van der Waals surface area contributed by atoms with Crippen molar-refractivity contribution in [2.45, 2.75) is 33.2 Å². The van der Waals surface area contributed by atoms with Crippen LogP contribution in [0.2, 0.25) is 0 Å². The van der Waals surface area contributed by atoms with Crippen LogP contribution in [-0.2, 0) is 0 Å². The SMILES string of the molecule is CC(C)(C)[C@]1(C)CNCCN1C(=O)O. The second kappa shape index (κ2) is 3.42. The van der Waals surface area contributed by atoms with Gasteiger partial charge in [-0.25, -0.2) is 4.79 Å². The summed E-state index contributed by atoms with van der Waals surface area (Å²) in [4.78, 5) is 12.7. The molecule has 0 aliphatic carbocycles. The van der Waals surface area contributed by atoms with Crippen molar-refractivity contribution in [3.63, 3.8) is 0 Å². The van der Waals surface area contributed by atoms with E-state index in [4.69, 9.17) is 5.11 Å². The Morgan fingerprint density at radius 3 is 2.43 bits per heavy atom.